The molecule has 2 aromatic rings. The van der Waals surface area contributed by atoms with E-state index in [2.05, 4.69) is 13.8 Å². The second-order valence-corrected chi connectivity index (χ2v) is 10.0. The third-order valence-corrected chi connectivity index (χ3v) is 7.64. The highest BCUT2D eigenvalue weighted by atomic mass is 19.3. The monoisotopic (exact) mass is 458 g/mol. The van der Waals surface area contributed by atoms with Gasteiger partial charge in [-0.2, -0.15) is 8.78 Å². The van der Waals surface area contributed by atoms with E-state index in [1.54, 1.807) is 24.3 Å². The number of halogens is 3. The summed E-state index contributed by atoms with van der Waals surface area (Å²) >= 11 is 0. The first-order valence-corrected chi connectivity index (χ1v) is 13.0. The number of hydrogen-bond donors (Lipinski definition) is 0. The summed E-state index contributed by atoms with van der Waals surface area (Å²) in [7, 11) is 0. The van der Waals surface area contributed by atoms with Gasteiger partial charge in [0, 0.05) is 5.56 Å². The van der Waals surface area contributed by atoms with Crippen molar-refractivity contribution in [3.8, 4) is 16.9 Å². The molecular weight excluding hydrogens is 421 g/mol. The van der Waals surface area contributed by atoms with Crippen molar-refractivity contribution < 1.29 is 17.9 Å². The third-order valence-electron chi connectivity index (χ3n) is 7.64. The zero-order chi connectivity index (χ0) is 23.4. The van der Waals surface area contributed by atoms with Crippen LogP contribution in [0.5, 0.6) is 5.75 Å². The summed E-state index contributed by atoms with van der Waals surface area (Å²) in [5, 5.41) is 0. The van der Waals surface area contributed by atoms with E-state index in [1.165, 1.54) is 32.1 Å². The van der Waals surface area contributed by atoms with Crippen molar-refractivity contribution in [1.82, 2.24) is 0 Å². The molecule has 0 spiro atoms. The highest BCUT2D eigenvalue weighted by molar-refractivity contribution is 5.77. The van der Waals surface area contributed by atoms with Crippen LogP contribution in [0.15, 0.2) is 30.3 Å². The van der Waals surface area contributed by atoms with Crippen LogP contribution >= 0.6 is 0 Å². The molecule has 0 bridgehead atoms. The van der Waals surface area contributed by atoms with Crippen LogP contribution in [-0.2, 0) is 12.5 Å². The molecule has 2 aliphatic rings. The summed E-state index contributed by atoms with van der Waals surface area (Å²) in [6.45, 7) is 4.34. The Morgan fingerprint density at radius 2 is 1.61 bits per heavy atom. The van der Waals surface area contributed by atoms with Gasteiger partial charge in [0.25, 0.3) is 0 Å². The summed E-state index contributed by atoms with van der Waals surface area (Å²) < 4.78 is 50.4. The van der Waals surface area contributed by atoms with Crippen LogP contribution in [0.1, 0.15) is 107 Å². The fourth-order valence-corrected chi connectivity index (χ4v) is 5.60. The van der Waals surface area contributed by atoms with Crippen molar-refractivity contribution in [2.45, 2.75) is 103 Å². The maximum absolute atomic E-state index is 15.1. The zero-order valence-electron chi connectivity index (χ0n) is 20.1. The minimum absolute atomic E-state index is 0.129. The van der Waals surface area contributed by atoms with Crippen LogP contribution in [0.25, 0.3) is 11.1 Å². The highest BCUT2D eigenvalue weighted by Crippen LogP contribution is 2.50. The normalized spacial score (nSPS) is 21.2. The van der Waals surface area contributed by atoms with Gasteiger partial charge in [-0.1, -0.05) is 76.6 Å². The Labute approximate surface area is 196 Å². The van der Waals surface area contributed by atoms with Crippen molar-refractivity contribution in [3.05, 3.63) is 52.8 Å². The molecule has 180 valence electrons. The smallest absolute Gasteiger partial charge is 0.425 e. The predicted molar refractivity (Wildman–Crippen MR) is 128 cm³/mol. The summed E-state index contributed by atoms with van der Waals surface area (Å²) in [4.78, 5) is 0. The second-order valence-electron chi connectivity index (χ2n) is 10.0. The fourth-order valence-electron chi connectivity index (χ4n) is 5.60. The van der Waals surface area contributed by atoms with E-state index < -0.39 is 11.9 Å². The molecule has 1 heterocycles. The summed E-state index contributed by atoms with van der Waals surface area (Å²) in [5.41, 5.74) is 2.11. The lowest BCUT2D eigenvalue weighted by molar-refractivity contribution is -0.188. The van der Waals surface area contributed by atoms with Gasteiger partial charge in [0.05, 0.1) is 5.56 Å². The Morgan fingerprint density at radius 3 is 2.33 bits per heavy atom. The Hall–Kier alpha value is -1.97. The van der Waals surface area contributed by atoms with Crippen LogP contribution in [0.4, 0.5) is 13.2 Å². The van der Waals surface area contributed by atoms with Crippen LogP contribution in [0.2, 0.25) is 0 Å². The van der Waals surface area contributed by atoms with Crippen molar-refractivity contribution in [2.75, 3.05) is 0 Å². The molecule has 4 rings (SSSR count). The number of unbranched alkanes of at least 4 members (excludes halogenated alkanes) is 4. The maximum Gasteiger partial charge on any atom is 0.427 e. The SMILES string of the molecule is CCCCCCc1ccc2c(c1F)OC(F)(F)c1cc(C3CCC(CCCC)CC3)ccc1-2. The molecule has 0 N–H and O–H groups in total. The number of ether oxygens (including phenoxy) is 1. The van der Waals surface area contributed by atoms with Crippen molar-refractivity contribution in [2.24, 2.45) is 5.92 Å². The minimum Gasteiger partial charge on any atom is -0.425 e. The van der Waals surface area contributed by atoms with E-state index in [9.17, 15) is 0 Å². The number of aryl methyl sites for hydroxylation is 1. The number of benzene rings is 2. The molecule has 1 nitrogen and oxygen atoms in total. The topological polar surface area (TPSA) is 9.23 Å². The molecule has 1 saturated carbocycles. The molecule has 0 amide bonds. The van der Waals surface area contributed by atoms with Gasteiger partial charge in [0.15, 0.2) is 11.6 Å². The lowest BCUT2D eigenvalue weighted by Crippen LogP contribution is -2.28. The summed E-state index contributed by atoms with van der Waals surface area (Å²) in [6, 6.07) is 8.83. The Kier molecular flexibility index (Phi) is 7.71. The number of alkyl halides is 2. The van der Waals surface area contributed by atoms with Gasteiger partial charge >= 0.3 is 6.11 Å². The molecule has 0 radical (unpaired) electrons. The Bertz CT molecular complexity index is 944. The van der Waals surface area contributed by atoms with E-state index in [0.717, 1.165) is 50.0 Å². The molecule has 1 fully saturated rings. The molecule has 0 atom stereocenters. The minimum atomic E-state index is -3.53. The molecule has 4 heteroatoms. The first kappa shape index (κ1) is 24.2. The van der Waals surface area contributed by atoms with Crippen LogP contribution in [0.3, 0.4) is 0 Å². The molecule has 33 heavy (non-hydrogen) atoms. The third kappa shape index (κ3) is 5.25. The molecule has 1 aliphatic carbocycles. The van der Waals surface area contributed by atoms with Crippen molar-refractivity contribution in [1.29, 1.82) is 0 Å². The van der Waals surface area contributed by atoms with Gasteiger partial charge in [-0.25, -0.2) is 4.39 Å². The number of hydrogen-bond acceptors (Lipinski definition) is 1. The van der Waals surface area contributed by atoms with Gasteiger partial charge in [-0.05, 0) is 73.1 Å². The molecule has 1 aliphatic heterocycles. The summed E-state index contributed by atoms with van der Waals surface area (Å²) in [6.07, 6.45) is 9.28. The lowest BCUT2D eigenvalue weighted by Gasteiger charge is -2.32. The van der Waals surface area contributed by atoms with Crippen molar-refractivity contribution >= 4 is 0 Å². The quantitative estimate of drug-likeness (QED) is 0.340. The first-order valence-electron chi connectivity index (χ1n) is 13.0. The highest BCUT2D eigenvalue weighted by Gasteiger charge is 2.44. The lowest BCUT2D eigenvalue weighted by atomic mass is 9.76. The van der Waals surface area contributed by atoms with E-state index in [-0.39, 0.29) is 11.3 Å². The molecule has 0 saturated heterocycles. The maximum atomic E-state index is 15.1. The van der Waals surface area contributed by atoms with E-state index >= 15 is 13.2 Å². The summed E-state index contributed by atoms with van der Waals surface area (Å²) in [5.74, 6) is 0.149. The standard InChI is InChI=1S/C29H37F3O/c1-3-5-7-8-10-22-15-18-25-24-17-16-23(21-13-11-20(12-14-21)9-6-4-2)19-26(24)29(31,32)33-28(25)27(22)30/h15-21H,3-14H2,1-2H3. The largest absolute Gasteiger partial charge is 0.427 e. The van der Waals surface area contributed by atoms with E-state index in [0.29, 0.717) is 29.0 Å². The second kappa shape index (κ2) is 10.5. The number of rotatable bonds is 9. The fraction of sp³-hybridized carbons (Fsp3) is 0.586. The molecule has 0 aromatic heterocycles. The average molecular weight is 459 g/mol. The van der Waals surface area contributed by atoms with Crippen molar-refractivity contribution in [3.63, 3.8) is 0 Å². The predicted octanol–water partition coefficient (Wildman–Crippen LogP) is 9.52. The van der Waals surface area contributed by atoms with Crippen LogP contribution < -0.4 is 4.74 Å². The van der Waals surface area contributed by atoms with Gasteiger partial charge < -0.3 is 4.74 Å². The van der Waals surface area contributed by atoms with Gasteiger partial charge in [-0.3, -0.25) is 0 Å². The first-order chi connectivity index (χ1) is 15.9. The Morgan fingerprint density at radius 1 is 0.879 bits per heavy atom. The molecule has 0 unspecified atom stereocenters. The number of fused-ring (bicyclic) bond motifs is 3. The van der Waals surface area contributed by atoms with Gasteiger partial charge in [0.1, 0.15) is 0 Å². The zero-order valence-corrected chi connectivity index (χ0v) is 20.1. The molecule has 2 aromatic carbocycles. The van der Waals surface area contributed by atoms with E-state index in [4.69, 9.17) is 4.74 Å². The van der Waals surface area contributed by atoms with E-state index in [1.807, 2.05) is 6.07 Å². The molecular formula is C29H37F3O. The average Bonchev–Trinajstić information content (AvgIpc) is 2.82. The van der Waals surface area contributed by atoms with Gasteiger partial charge in [0.2, 0.25) is 0 Å². The van der Waals surface area contributed by atoms with Crippen LogP contribution in [0, 0.1) is 11.7 Å². The Balaban J connectivity index is 1.55. The van der Waals surface area contributed by atoms with Crippen LogP contribution in [-0.4, -0.2) is 0 Å². The van der Waals surface area contributed by atoms with Gasteiger partial charge in [-0.15, -0.1) is 0 Å².